The number of benzene rings is 1. The molecule has 10 nitrogen and oxygen atoms in total. The molecule has 10 heteroatoms. The van der Waals surface area contributed by atoms with Gasteiger partial charge in [-0.15, -0.1) is 0 Å². The summed E-state index contributed by atoms with van der Waals surface area (Å²) in [5, 5.41) is 30.2. The summed E-state index contributed by atoms with van der Waals surface area (Å²) in [7, 11) is 0. The highest BCUT2D eigenvalue weighted by atomic mass is 16.6. The Bertz CT molecular complexity index is 1220. The number of aliphatic hydroxyl groups is 2. The van der Waals surface area contributed by atoms with Crippen molar-refractivity contribution in [1.82, 2.24) is 4.57 Å². The molecule has 3 unspecified atom stereocenters. The maximum atomic E-state index is 13.2. The van der Waals surface area contributed by atoms with Crippen molar-refractivity contribution in [3.8, 4) is 17.0 Å². The Hall–Kier alpha value is -3.34. The highest BCUT2D eigenvalue weighted by molar-refractivity contribution is 6.03. The maximum Gasteiger partial charge on any atom is 0.418 e. The minimum Gasteiger partial charge on any atom is -0.507 e. The van der Waals surface area contributed by atoms with Gasteiger partial charge in [0.1, 0.15) is 22.9 Å². The number of carbonyl (C=O) groups is 4. The van der Waals surface area contributed by atoms with E-state index in [0.29, 0.717) is 29.7 Å². The zero-order chi connectivity index (χ0) is 28.2. The fraction of sp³-hybridized carbons (Fsp3) is 0.517. The minimum atomic E-state index is -0.824. The number of nitrogens with zero attached hydrogens (tertiary/aromatic N) is 1. The van der Waals surface area contributed by atoms with E-state index in [-0.39, 0.29) is 68.8 Å². The summed E-state index contributed by atoms with van der Waals surface area (Å²) in [6.45, 7) is 5.95. The fourth-order valence-electron chi connectivity index (χ4n) is 5.33. The Morgan fingerprint density at radius 3 is 2.44 bits per heavy atom. The Labute approximate surface area is 230 Å². The van der Waals surface area contributed by atoms with Crippen LogP contribution >= 0.6 is 0 Å². The Balaban J connectivity index is 0.00000533. The summed E-state index contributed by atoms with van der Waals surface area (Å²) in [5.74, 6) is -2.57. The number of carbonyl (C=O) groups excluding carboxylic acids is 4. The van der Waals surface area contributed by atoms with Crippen molar-refractivity contribution < 1.29 is 47.6 Å². The van der Waals surface area contributed by atoms with Crippen LogP contribution in [-0.4, -0.2) is 67.6 Å². The molecule has 0 bridgehead atoms. The van der Waals surface area contributed by atoms with E-state index in [0.717, 1.165) is 0 Å². The van der Waals surface area contributed by atoms with Gasteiger partial charge in [0.25, 0.3) is 0 Å². The molecule has 39 heavy (non-hydrogen) atoms. The average molecular weight is 550 g/mol. The minimum absolute atomic E-state index is 0. The second kappa shape index (κ2) is 13.1. The molecule has 1 aromatic heterocycles. The second-order valence-corrected chi connectivity index (χ2v) is 11.1. The molecule has 0 amide bonds. The van der Waals surface area contributed by atoms with Crippen molar-refractivity contribution in [3.63, 3.8) is 0 Å². The van der Waals surface area contributed by atoms with E-state index in [1.165, 1.54) is 17.6 Å². The molecule has 0 radical (unpaired) electrons. The van der Waals surface area contributed by atoms with E-state index in [9.17, 15) is 34.5 Å². The van der Waals surface area contributed by atoms with E-state index < -0.39 is 30.1 Å². The third-order valence-electron chi connectivity index (χ3n) is 6.89. The van der Waals surface area contributed by atoms with Gasteiger partial charge in [-0.05, 0) is 88.6 Å². The van der Waals surface area contributed by atoms with Crippen LogP contribution in [0.5, 0.6) is 5.75 Å². The van der Waals surface area contributed by atoms with Crippen LogP contribution in [0.25, 0.3) is 11.3 Å². The first kappa shape index (κ1) is 31.9. The van der Waals surface area contributed by atoms with Gasteiger partial charge in [0.2, 0.25) is 0 Å². The molecule has 3 rings (SSSR count). The molecular formula is C29H43NO9. The highest BCUT2D eigenvalue weighted by Gasteiger charge is 2.35. The normalized spacial score (nSPS) is 16.6. The molecule has 0 fully saturated rings. The van der Waals surface area contributed by atoms with Crippen LogP contribution in [0.15, 0.2) is 30.5 Å². The lowest BCUT2D eigenvalue weighted by molar-refractivity contribution is -0.131. The Kier molecular flexibility index (Phi) is 10.7. The lowest BCUT2D eigenvalue weighted by Crippen LogP contribution is -2.32. The van der Waals surface area contributed by atoms with Crippen LogP contribution < -0.4 is 0 Å². The van der Waals surface area contributed by atoms with Crippen LogP contribution in [0.4, 0.5) is 4.79 Å². The summed E-state index contributed by atoms with van der Waals surface area (Å²) < 4.78 is 6.89. The molecule has 1 aliphatic rings. The van der Waals surface area contributed by atoms with Crippen molar-refractivity contribution in [2.45, 2.75) is 65.4 Å². The number of fused-ring (bicyclic) bond motifs is 1. The average Bonchev–Trinajstić information content (AvgIpc) is 3.28. The van der Waals surface area contributed by atoms with Gasteiger partial charge in [-0.3, -0.25) is 19.0 Å². The molecule has 2 aromatic rings. The van der Waals surface area contributed by atoms with Gasteiger partial charge in [-0.25, -0.2) is 4.79 Å². The number of phenolic OH excluding ortho intramolecular Hbond substituents is 1. The van der Waals surface area contributed by atoms with E-state index in [1.54, 1.807) is 45.2 Å². The van der Waals surface area contributed by atoms with Crippen LogP contribution in [0, 0.1) is 17.8 Å². The number of hydrogen-bond acceptors (Lipinski definition) is 8. The molecule has 218 valence electrons. The maximum absolute atomic E-state index is 13.2. The summed E-state index contributed by atoms with van der Waals surface area (Å²) in [6.07, 6.45) is 1.82. The number of Topliss-reactive ketones (excluding diaryl/α,β-unsaturated/α-hetero) is 3. The molecule has 3 atom stereocenters. The molecule has 0 saturated heterocycles. The van der Waals surface area contributed by atoms with Crippen molar-refractivity contribution in [2.75, 3.05) is 13.2 Å². The highest BCUT2D eigenvalue weighted by Crippen LogP contribution is 2.41. The molecule has 1 aliphatic carbocycles. The number of hydrogen-bond donors (Lipinski definition) is 3. The zero-order valence-electron chi connectivity index (χ0n) is 22.9. The Morgan fingerprint density at radius 1 is 1.15 bits per heavy atom. The number of rotatable bonds is 10. The molecule has 0 spiro atoms. The van der Waals surface area contributed by atoms with Crippen molar-refractivity contribution >= 4 is 23.4 Å². The monoisotopic (exact) mass is 549 g/mol. The van der Waals surface area contributed by atoms with Crippen LogP contribution in [0.2, 0.25) is 0 Å². The number of phenols is 1. The number of ketones is 3. The van der Waals surface area contributed by atoms with Gasteiger partial charge in [0.05, 0.1) is 24.3 Å². The standard InChI is InChI=1S/C29H37NO8.H2O.2H2/c1-17(33)12-25(35)22(16-32)19(9-11-31)13-18-14-21-20(7-8-24(34)27(21)26(36)15-18)23-6-5-10-30(23)28(37)38-29(2,3)4;;;/h5-8,10,18-19,22,31-32,34H,9,11-16H2,1-4H3;1H2;2*1H. The lowest BCUT2D eigenvalue weighted by Gasteiger charge is -2.32. The van der Waals surface area contributed by atoms with Crippen LogP contribution in [-0.2, 0) is 20.7 Å². The number of aromatic hydroxyl groups is 1. The zero-order valence-corrected chi connectivity index (χ0v) is 22.9. The molecule has 5 N–H and O–H groups in total. The van der Waals surface area contributed by atoms with Gasteiger partial charge in [0.15, 0.2) is 5.78 Å². The number of aliphatic hydroxyl groups excluding tert-OH is 2. The molecular weight excluding hydrogens is 506 g/mol. The van der Waals surface area contributed by atoms with Gasteiger partial charge >= 0.3 is 6.09 Å². The van der Waals surface area contributed by atoms with Crippen LogP contribution in [0.3, 0.4) is 0 Å². The quantitative estimate of drug-likeness (QED) is 0.377. The van der Waals surface area contributed by atoms with Crippen molar-refractivity contribution in [3.05, 3.63) is 41.6 Å². The SMILES string of the molecule is CC(=O)CC(=O)C(CO)C(CCO)CC1CC(=O)c2c(O)ccc(-c3cccn3C(=O)OC(C)(C)C)c2C1.O.[HH].[HH]. The Morgan fingerprint density at radius 2 is 1.85 bits per heavy atom. The first-order chi connectivity index (χ1) is 17.9. The predicted molar refractivity (Wildman–Crippen MR) is 148 cm³/mol. The fourth-order valence-corrected chi connectivity index (χ4v) is 5.33. The molecule has 1 aromatic carbocycles. The molecule has 0 aliphatic heterocycles. The van der Waals surface area contributed by atoms with Gasteiger partial charge in [0, 0.05) is 33.6 Å². The first-order valence-electron chi connectivity index (χ1n) is 12.9. The van der Waals surface area contributed by atoms with Gasteiger partial charge < -0.3 is 25.5 Å². The van der Waals surface area contributed by atoms with Crippen molar-refractivity contribution in [2.24, 2.45) is 17.8 Å². The topological polar surface area (TPSA) is 175 Å². The summed E-state index contributed by atoms with van der Waals surface area (Å²) in [6, 6.07) is 6.54. The van der Waals surface area contributed by atoms with E-state index in [1.807, 2.05) is 0 Å². The third-order valence-corrected chi connectivity index (χ3v) is 6.89. The van der Waals surface area contributed by atoms with E-state index >= 15 is 0 Å². The predicted octanol–water partition coefficient (Wildman–Crippen LogP) is 3.60. The van der Waals surface area contributed by atoms with Crippen molar-refractivity contribution in [1.29, 1.82) is 0 Å². The second-order valence-electron chi connectivity index (χ2n) is 11.1. The summed E-state index contributed by atoms with van der Waals surface area (Å²) in [5.41, 5.74) is 1.21. The van der Waals surface area contributed by atoms with Crippen LogP contribution in [0.1, 0.15) is 72.2 Å². The largest absolute Gasteiger partial charge is 0.507 e. The smallest absolute Gasteiger partial charge is 0.418 e. The lowest BCUT2D eigenvalue weighted by atomic mass is 9.72. The first-order valence-corrected chi connectivity index (χ1v) is 12.9. The molecule has 0 saturated carbocycles. The van der Waals surface area contributed by atoms with Gasteiger partial charge in [-0.1, -0.05) is 0 Å². The van der Waals surface area contributed by atoms with E-state index in [2.05, 4.69) is 0 Å². The number of aromatic nitrogens is 1. The van der Waals surface area contributed by atoms with Gasteiger partial charge in [-0.2, -0.15) is 0 Å². The summed E-state index contributed by atoms with van der Waals surface area (Å²) >= 11 is 0. The summed E-state index contributed by atoms with van der Waals surface area (Å²) in [4.78, 5) is 50.3. The number of ether oxygens (including phenoxy) is 1. The third kappa shape index (κ3) is 7.62. The molecule has 1 heterocycles. The van der Waals surface area contributed by atoms with E-state index in [4.69, 9.17) is 4.74 Å².